The van der Waals surface area contributed by atoms with Crippen molar-refractivity contribution in [3.8, 4) is 0 Å². The number of benzene rings is 1. The zero-order valence-corrected chi connectivity index (χ0v) is 12.0. The Kier molecular flexibility index (Phi) is 4.34. The van der Waals surface area contributed by atoms with Crippen molar-refractivity contribution in [2.45, 2.75) is 46.1 Å². The maximum Gasteiger partial charge on any atom is 0.0447 e. The van der Waals surface area contributed by atoms with Gasteiger partial charge in [0.15, 0.2) is 0 Å². The van der Waals surface area contributed by atoms with Crippen LogP contribution < -0.4 is 11.1 Å². The third-order valence-electron chi connectivity index (χ3n) is 3.39. The van der Waals surface area contributed by atoms with Gasteiger partial charge in [-0.25, -0.2) is 0 Å². The topological polar surface area (TPSA) is 38.0 Å². The fourth-order valence-electron chi connectivity index (χ4n) is 2.34. The third-order valence-corrected chi connectivity index (χ3v) is 3.39. The molecule has 1 aromatic rings. The number of aryl methyl sites for hydroxylation is 2. The van der Waals surface area contributed by atoms with Gasteiger partial charge in [0.25, 0.3) is 0 Å². The molecule has 1 aromatic carbocycles. The second-order valence-electron chi connectivity index (χ2n) is 5.85. The molecule has 17 heavy (non-hydrogen) atoms. The first-order valence-corrected chi connectivity index (χ1v) is 6.30. The van der Waals surface area contributed by atoms with Gasteiger partial charge in [0.2, 0.25) is 0 Å². The summed E-state index contributed by atoms with van der Waals surface area (Å²) in [6.07, 6.45) is 0. The number of nitrogens with two attached hydrogens (primary N) is 1. The van der Waals surface area contributed by atoms with Crippen LogP contribution in [0.2, 0.25) is 0 Å². The van der Waals surface area contributed by atoms with Crippen LogP contribution in [0.25, 0.3) is 0 Å². The van der Waals surface area contributed by atoms with Gasteiger partial charge in [-0.1, -0.05) is 32.9 Å². The lowest BCUT2D eigenvalue weighted by Gasteiger charge is -2.25. The molecule has 0 aliphatic heterocycles. The summed E-state index contributed by atoms with van der Waals surface area (Å²) in [5.74, 6) is 0. The summed E-state index contributed by atoms with van der Waals surface area (Å²) in [7, 11) is 1.97. The van der Waals surface area contributed by atoms with Gasteiger partial charge >= 0.3 is 0 Å². The maximum atomic E-state index is 5.81. The van der Waals surface area contributed by atoms with Gasteiger partial charge in [0.1, 0.15) is 0 Å². The standard InChI is InChI=1S/C15H26N2/c1-10-7-12(15(3,4)5)8-11(2)14(10)13(9-16)17-6/h7-8,13,17H,9,16H2,1-6H3. The lowest BCUT2D eigenvalue weighted by atomic mass is 9.82. The molecule has 0 spiro atoms. The maximum absolute atomic E-state index is 5.81. The van der Waals surface area contributed by atoms with Crippen molar-refractivity contribution in [2.24, 2.45) is 5.73 Å². The average Bonchev–Trinajstić information content (AvgIpc) is 2.21. The molecule has 0 saturated heterocycles. The van der Waals surface area contributed by atoms with E-state index in [0.717, 1.165) is 0 Å². The summed E-state index contributed by atoms with van der Waals surface area (Å²) >= 11 is 0. The number of likely N-dealkylation sites (N-methyl/N-ethyl adjacent to an activating group) is 1. The largest absolute Gasteiger partial charge is 0.329 e. The molecular formula is C15H26N2. The second kappa shape index (κ2) is 5.19. The monoisotopic (exact) mass is 234 g/mol. The molecule has 1 unspecified atom stereocenters. The van der Waals surface area contributed by atoms with Gasteiger partial charge in [0.05, 0.1) is 0 Å². The van der Waals surface area contributed by atoms with E-state index in [-0.39, 0.29) is 11.5 Å². The van der Waals surface area contributed by atoms with Crippen molar-refractivity contribution in [3.63, 3.8) is 0 Å². The summed E-state index contributed by atoms with van der Waals surface area (Å²) in [5, 5.41) is 3.28. The molecule has 0 fully saturated rings. The van der Waals surface area contributed by atoms with Gasteiger partial charge in [-0.15, -0.1) is 0 Å². The molecule has 0 saturated carbocycles. The fourth-order valence-corrected chi connectivity index (χ4v) is 2.34. The van der Waals surface area contributed by atoms with Crippen molar-refractivity contribution in [1.29, 1.82) is 0 Å². The molecule has 0 bridgehead atoms. The first-order chi connectivity index (χ1) is 7.81. The molecule has 0 aliphatic carbocycles. The minimum atomic E-state index is 0.200. The molecule has 0 aromatic heterocycles. The van der Waals surface area contributed by atoms with Crippen LogP contribution in [0.5, 0.6) is 0 Å². The fraction of sp³-hybridized carbons (Fsp3) is 0.600. The average molecular weight is 234 g/mol. The van der Waals surface area contributed by atoms with E-state index in [1.165, 1.54) is 22.3 Å². The summed E-state index contributed by atoms with van der Waals surface area (Å²) in [6, 6.07) is 4.84. The van der Waals surface area contributed by atoms with Crippen LogP contribution in [0.15, 0.2) is 12.1 Å². The Morgan fingerprint density at radius 2 is 1.65 bits per heavy atom. The molecular weight excluding hydrogens is 208 g/mol. The summed E-state index contributed by atoms with van der Waals surface area (Å²) < 4.78 is 0. The quantitative estimate of drug-likeness (QED) is 0.844. The molecule has 1 atom stereocenters. The van der Waals surface area contributed by atoms with E-state index in [2.05, 4.69) is 52.1 Å². The lowest BCUT2D eigenvalue weighted by Crippen LogP contribution is -2.27. The number of rotatable bonds is 3. The van der Waals surface area contributed by atoms with Crippen LogP contribution in [-0.4, -0.2) is 13.6 Å². The molecule has 0 amide bonds. The van der Waals surface area contributed by atoms with Crippen LogP contribution in [0.4, 0.5) is 0 Å². The Morgan fingerprint density at radius 1 is 1.18 bits per heavy atom. The van der Waals surface area contributed by atoms with Gasteiger partial charge in [0, 0.05) is 12.6 Å². The molecule has 2 heteroatoms. The Morgan fingerprint density at radius 3 is 1.94 bits per heavy atom. The Hall–Kier alpha value is -0.860. The Labute approximate surface area is 106 Å². The van der Waals surface area contributed by atoms with E-state index in [1.807, 2.05) is 7.05 Å². The SMILES string of the molecule is CNC(CN)c1c(C)cc(C(C)(C)C)cc1C. The molecule has 0 heterocycles. The van der Waals surface area contributed by atoms with E-state index < -0.39 is 0 Å². The summed E-state index contributed by atoms with van der Waals surface area (Å²) in [4.78, 5) is 0. The number of hydrogen-bond donors (Lipinski definition) is 2. The first-order valence-electron chi connectivity index (χ1n) is 6.30. The van der Waals surface area contributed by atoms with Gasteiger partial charge in [-0.2, -0.15) is 0 Å². The van der Waals surface area contributed by atoms with Crippen LogP contribution in [-0.2, 0) is 5.41 Å². The van der Waals surface area contributed by atoms with Gasteiger partial charge in [-0.05, 0) is 48.6 Å². The Balaban J connectivity index is 3.28. The van der Waals surface area contributed by atoms with E-state index >= 15 is 0 Å². The Bertz CT molecular complexity index is 361. The lowest BCUT2D eigenvalue weighted by molar-refractivity contribution is 0.579. The van der Waals surface area contributed by atoms with Crippen molar-refractivity contribution in [1.82, 2.24) is 5.32 Å². The van der Waals surface area contributed by atoms with Crippen LogP contribution in [0.3, 0.4) is 0 Å². The zero-order chi connectivity index (χ0) is 13.2. The highest BCUT2D eigenvalue weighted by Crippen LogP contribution is 2.29. The van der Waals surface area contributed by atoms with Gasteiger partial charge in [-0.3, -0.25) is 0 Å². The highest BCUT2D eigenvalue weighted by molar-refractivity contribution is 5.42. The minimum absolute atomic E-state index is 0.200. The summed E-state index contributed by atoms with van der Waals surface area (Å²) in [6.45, 7) is 11.7. The third kappa shape index (κ3) is 3.08. The van der Waals surface area contributed by atoms with Crippen LogP contribution in [0.1, 0.15) is 49.1 Å². The molecule has 2 nitrogen and oxygen atoms in total. The molecule has 0 aliphatic rings. The summed E-state index contributed by atoms with van der Waals surface area (Å²) in [5.41, 5.74) is 11.4. The minimum Gasteiger partial charge on any atom is -0.329 e. The molecule has 0 radical (unpaired) electrons. The predicted molar refractivity (Wildman–Crippen MR) is 75.5 cm³/mol. The number of hydrogen-bond acceptors (Lipinski definition) is 2. The first kappa shape index (κ1) is 14.2. The van der Waals surface area contributed by atoms with Crippen LogP contribution in [0, 0.1) is 13.8 Å². The van der Waals surface area contributed by atoms with E-state index in [4.69, 9.17) is 5.73 Å². The molecule has 3 N–H and O–H groups in total. The number of nitrogens with one attached hydrogen (secondary N) is 1. The van der Waals surface area contributed by atoms with Crippen LogP contribution >= 0.6 is 0 Å². The highest BCUT2D eigenvalue weighted by Gasteiger charge is 2.19. The molecule has 96 valence electrons. The van der Waals surface area contributed by atoms with E-state index in [0.29, 0.717) is 6.54 Å². The van der Waals surface area contributed by atoms with Gasteiger partial charge < -0.3 is 11.1 Å². The highest BCUT2D eigenvalue weighted by atomic mass is 14.9. The van der Waals surface area contributed by atoms with E-state index in [1.54, 1.807) is 0 Å². The van der Waals surface area contributed by atoms with E-state index in [9.17, 15) is 0 Å². The van der Waals surface area contributed by atoms with Crippen molar-refractivity contribution >= 4 is 0 Å². The smallest absolute Gasteiger partial charge is 0.0447 e. The van der Waals surface area contributed by atoms with Crippen molar-refractivity contribution in [2.75, 3.05) is 13.6 Å². The second-order valence-corrected chi connectivity index (χ2v) is 5.85. The molecule has 1 rings (SSSR count). The van der Waals surface area contributed by atoms with Crippen molar-refractivity contribution in [3.05, 3.63) is 34.4 Å². The predicted octanol–water partition coefficient (Wildman–Crippen LogP) is 2.82. The van der Waals surface area contributed by atoms with Crippen molar-refractivity contribution < 1.29 is 0 Å². The zero-order valence-electron chi connectivity index (χ0n) is 12.0. The normalized spacial score (nSPS) is 13.8.